The number of rotatable bonds is 8. The molecule has 2 aromatic heterocycles. The number of ether oxygens (including phenoxy) is 2. The fourth-order valence-corrected chi connectivity index (χ4v) is 3.04. The van der Waals surface area contributed by atoms with Gasteiger partial charge in [0.2, 0.25) is 0 Å². The van der Waals surface area contributed by atoms with Crippen molar-refractivity contribution in [2.45, 2.75) is 27.0 Å². The molecule has 0 aliphatic carbocycles. The van der Waals surface area contributed by atoms with Gasteiger partial charge in [-0.3, -0.25) is 14.9 Å². The third-order valence-corrected chi connectivity index (χ3v) is 4.62. The summed E-state index contributed by atoms with van der Waals surface area (Å²) in [5, 5.41) is 2.06. The Morgan fingerprint density at radius 2 is 1.84 bits per heavy atom. The number of halogens is 2. The van der Waals surface area contributed by atoms with Crippen molar-refractivity contribution in [3.8, 4) is 5.75 Å². The second kappa shape index (κ2) is 9.90. The van der Waals surface area contributed by atoms with Crippen molar-refractivity contribution in [3.63, 3.8) is 0 Å². The third kappa shape index (κ3) is 5.60. The molecule has 2 amide bonds. The van der Waals surface area contributed by atoms with Gasteiger partial charge in [-0.15, -0.1) is 0 Å². The van der Waals surface area contributed by atoms with Crippen LogP contribution < -0.4 is 10.1 Å². The van der Waals surface area contributed by atoms with Crippen LogP contribution in [0.4, 0.5) is 8.78 Å². The zero-order valence-electron chi connectivity index (χ0n) is 17.3. The van der Waals surface area contributed by atoms with Crippen LogP contribution >= 0.6 is 0 Å². The maximum absolute atomic E-state index is 12.4. The fraction of sp³-hybridized carbons (Fsp3) is 0.227. The van der Waals surface area contributed by atoms with Gasteiger partial charge in [0.05, 0.1) is 18.4 Å². The van der Waals surface area contributed by atoms with E-state index >= 15 is 0 Å². The Bertz CT molecular complexity index is 1100. The second-order valence-electron chi connectivity index (χ2n) is 6.81. The summed E-state index contributed by atoms with van der Waals surface area (Å²) < 4.78 is 40.8. The molecular weight excluding hydrogens is 426 g/mol. The average Bonchev–Trinajstić information content (AvgIpc) is 3.36. The Balaban J connectivity index is 1.54. The Morgan fingerprint density at radius 1 is 1.12 bits per heavy atom. The van der Waals surface area contributed by atoms with Gasteiger partial charge in [-0.25, -0.2) is 4.79 Å². The van der Waals surface area contributed by atoms with E-state index in [9.17, 15) is 23.2 Å². The molecule has 1 N–H and O–H groups in total. The number of hydrogen-bond acceptors (Lipinski definition) is 6. The van der Waals surface area contributed by atoms with E-state index in [0.717, 1.165) is 11.5 Å². The highest BCUT2D eigenvalue weighted by molar-refractivity contribution is 6.05. The van der Waals surface area contributed by atoms with E-state index in [1.54, 1.807) is 25.3 Å². The van der Waals surface area contributed by atoms with Crippen molar-refractivity contribution in [2.24, 2.45) is 0 Å². The van der Waals surface area contributed by atoms with Crippen molar-refractivity contribution in [3.05, 3.63) is 77.0 Å². The first-order chi connectivity index (χ1) is 15.2. The van der Waals surface area contributed by atoms with Crippen LogP contribution in [0.15, 0.2) is 53.1 Å². The summed E-state index contributed by atoms with van der Waals surface area (Å²) in [5.41, 5.74) is 1.80. The van der Waals surface area contributed by atoms with Crippen LogP contribution in [0.2, 0.25) is 0 Å². The lowest BCUT2D eigenvalue weighted by atomic mass is 10.2. The lowest BCUT2D eigenvalue weighted by Crippen LogP contribution is -2.34. The minimum absolute atomic E-state index is 0.0489. The van der Waals surface area contributed by atoms with Crippen molar-refractivity contribution < 1.29 is 37.1 Å². The maximum atomic E-state index is 12.4. The molecule has 0 fully saturated rings. The summed E-state index contributed by atoms with van der Waals surface area (Å²) in [7, 11) is 0. The van der Waals surface area contributed by atoms with Crippen molar-refractivity contribution in [1.82, 2.24) is 9.88 Å². The minimum Gasteiger partial charge on any atom is -0.467 e. The lowest BCUT2D eigenvalue weighted by molar-refractivity contribution is -0.123. The molecule has 0 saturated heterocycles. The zero-order chi connectivity index (χ0) is 23.3. The highest BCUT2D eigenvalue weighted by Crippen LogP contribution is 2.18. The summed E-state index contributed by atoms with van der Waals surface area (Å²) in [6, 6.07) is 10.0. The van der Waals surface area contributed by atoms with Gasteiger partial charge in [-0.05, 0) is 56.3 Å². The second-order valence-corrected chi connectivity index (χ2v) is 6.81. The molecule has 10 heteroatoms. The minimum atomic E-state index is -2.99. The quantitative estimate of drug-likeness (QED) is 0.532. The van der Waals surface area contributed by atoms with Crippen LogP contribution in [0, 0.1) is 13.8 Å². The van der Waals surface area contributed by atoms with E-state index in [4.69, 9.17) is 9.15 Å². The first-order valence-corrected chi connectivity index (χ1v) is 9.50. The van der Waals surface area contributed by atoms with Crippen molar-refractivity contribution in [2.75, 3.05) is 6.61 Å². The lowest BCUT2D eigenvalue weighted by Gasteiger charge is -2.09. The van der Waals surface area contributed by atoms with Crippen LogP contribution in [-0.2, 0) is 16.1 Å². The van der Waals surface area contributed by atoms with Gasteiger partial charge in [0.1, 0.15) is 11.5 Å². The summed E-state index contributed by atoms with van der Waals surface area (Å²) in [5.74, 6) is -1.72. The van der Waals surface area contributed by atoms with Gasteiger partial charge < -0.3 is 18.5 Å². The molecule has 0 saturated carbocycles. The predicted octanol–water partition coefficient (Wildman–Crippen LogP) is 3.46. The molecule has 0 atom stereocenters. The topological polar surface area (TPSA) is 99.8 Å². The molecule has 0 radical (unpaired) electrons. The van der Waals surface area contributed by atoms with Gasteiger partial charge in [0.15, 0.2) is 6.61 Å². The van der Waals surface area contributed by atoms with Crippen LogP contribution in [0.1, 0.15) is 37.9 Å². The Morgan fingerprint density at radius 3 is 2.47 bits per heavy atom. The van der Waals surface area contributed by atoms with Gasteiger partial charge in [-0.2, -0.15) is 8.78 Å². The summed E-state index contributed by atoms with van der Waals surface area (Å²) in [6.07, 6.45) is 1.56. The Hall–Kier alpha value is -3.95. The van der Waals surface area contributed by atoms with E-state index < -0.39 is 31.0 Å². The van der Waals surface area contributed by atoms with Crippen LogP contribution in [0.5, 0.6) is 5.75 Å². The number of furan rings is 1. The molecule has 0 aliphatic rings. The molecule has 1 aromatic carbocycles. The molecule has 168 valence electrons. The average molecular weight is 446 g/mol. The molecule has 8 nitrogen and oxygen atoms in total. The molecular formula is C22H20F2N2O6. The molecule has 0 unspecified atom stereocenters. The number of benzene rings is 1. The number of amides is 2. The van der Waals surface area contributed by atoms with Crippen LogP contribution in [-0.4, -0.2) is 35.6 Å². The Labute approximate surface area is 181 Å². The number of carbonyl (C=O) groups excluding carboxylic acids is 3. The van der Waals surface area contributed by atoms with E-state index in [1.807, 2.05) is 17.6 Å². The van der Waals surface area contributed by atoms with E-state index in [-0.39, 0.29) is 11.3 Å². The van der Waals surface area contributed by atoms with Crippen LogP contribution in [0.3, 0.4) is 0 Å². The number of hydrogen-bond donors (Lipinski definition) is 1. The number of nitrogens with zero attached hydrogens (tertiary/aromatic N) is 1. The normalized spacial score (nSPS) is 10.8. The van der Waals surface area contributed by atoms with Crippen LogP contribution in [0.25, 0.3) is 0 Å². The largest absolute Gasteiger partial charge is 0.467 e. The smallest absolute Gasteiger partial charge is 0.387 e. The summed E-state index contributed by atoms with van der Waals surface area (Å²) in [6.45, 7) is 0.362. The maximum Gasteiger partial charge on any atom is 0.387 e. The van der Waals surface area contributed by atoms with Crippen molar-refractivity contribution in [1.29, 1.82) is 0 Å². The number of carbonyl (C=O) groups is 3. The van der Waals surface area contributed by atoms with E-state index in [2.05, 4.69) is 10.1 Å². The van der Waals surface area contributed by atoms with E-state index in [0.29, 0.717) is 17.8 Å². The molecule has 0 bridgehead atoms. The van der Waals surface area contributed by atoms with Gasteiger partial charge >= 0.3 is 12.6 Å². The fourth-order valence-electron chi connectivity index (χ4n) is 3.04. The number of imide groups is 1. The number of esters is 1. The predicted molar refractivity (Wildman–Crippen MR) is 108 cm³/mol. The van der Waals surface area contributed by atoms with E-state index in [1.165, 1.54) is 24.3 Å². The molecule has 32 heavy (non-hydrogen) atoms. The van der Waals surface area contributed by atoms with Gasteiger partial charge in [-0.1, -0.05) is 0 Å². The highest BCUT2D eigenvalue weighted by atomic mass is 19.3. The standard InChI is InChI=1S/C22H20F2N2O6/c1-13-10-18(14(2)26(13)11-17-4-3-9-30-17)21(29)31-12-19(27)25-20(28)15-5-7-16(8-6-15)32-22(23)24/h3-10,22H,11-12H2,1-2H3,(H,25,27,28). The van der Waals surface area contributed by atoms with Gasteiger partial charge in [0.25, 0.3) is 11.8 Å². The molecule has 0 aliphatic heterocycles. The molecule has 0 spiro atoms. The monoisotopic (exact) mass is 446 g/mol. The number of aromatic nitrogens is 1. The zero-order valence-corrected chi connectivity index (χ0v) is 17.3. The number of nitrogens with one attached hydrogen (secondary N) is 1. The highest BCUT2D eigenvalue weighted by Gasteiger charge is 2.19. The number of alkyl halides is 2. The summed E-state index contributed by atoms with van der Waals surface area (Å²) in [4.78, 5) is 36.5. The molecule has 2 heterocycles. The summed E-state index contributed by atoms with van der Waals surface area (Å²) >= 11 is 0. The number of aryl methyl sites for hydroxylation is 1. The SMILES string of the molecule is Cc1cc(C(=O)OCC(=O)NC(=O)c2ccc(OC(F)F)cc2)c(C)n1Cc1ccco1. The molecule has 3 rings (SSSR count). The Kier molecular flexibility index (Phi) is 7.04. The first kappa shape index (κ1) is 22.7. The molecule has 3 aromatic rings. The first-order valence-electron chi connectivity index (χ1n) is 9.50. The van der Waals surface area contributed by atoms with Crippen molar-refractivity contribution >= 4 is 17.8 Å². The van der Waals surface area contributed by atoms with Gasteiger partial charge in [0, 0.05) is 17.0 Å². The third-order valence-electron chi connectivity index (χ3n) is 4.62.